The number of aromatic hydroxyl groups is 1. The lowest BCUT2D eigenvalue weighted by Crippen LogP contribution is -2.40. The summed E-state index contributed by atoms with van der Waals surface area (Å²) in [4.78, 5) is 33.0. The predicted octanol–water partition coefficient (Wildman–Crippen LogP) is 5.78. The van der Waals surface area contributed by atoms with E-state index in [2.05, 4.69) is 31.9 Å². The number of ether oxygens (including phenoxy) is 2. The number of carbonyl (C=O) groups excluding carboxylic acids is 1. The topological polar surface area (TPSA) is 90.1 Å². The molecule has 1 N–H and O–H groups in total. The van der Waals surface area contributed by atoms with Gasteiger partial charge in [0.05, 0.1) is 33.1 Å². The zero-order valence-electron chi connectivity index (χ0n) is 21.2. The number of carbonyl (C=O) groups is 1. The quantitative estimate of drug-likeness (QED) is 0.198. The van der Waals surface area contributed by atoms with Gasteiger partial charge < -0.3 is 14.6 Å². The van der Waals surface area contributed by atoms with Crippen LogP contribution in [0.3, 0.4) is 0 Å². The molecule has 40 heavy (non-hydrogen) atoms. The number of esters is 1. The van der Waals surface area contributed by atoms with E-state index >= 15 is 0 Å². The van der Waals surface area contributed by atoms with Crippen molar-refractivity contribution >= 4 is 83.5 Å². The fraction of sp³-hybridized carbons (Fsp3) is 0.138. The summed E-state index contributed by atoms with van der Waals surface area (Å²) in [5.41, 5.74) is 2.06. The second kappa shape index (κ2) is 12.0. The molecule has 1 aromatic heterocycles. The third-order valence-electron chi connectivity index (χ3n) is 6.20. The van der Waals surface area contributed by atoms with Gasteiger partial charge in [-0.3, -0.25) is 9.36 Å². The minimum absolute atomic E-state index is 0.0667. The molecule has 0 fully saturated rings. The molecule has 5 rings (SSSR count). The van der Waals surface area contributed by atoms with E-state index in [9.17, 15) is 14.7 Å². The summed E-state index contributed by atoms with van der Waals surface area (Å²) in [5.74, 6) is -0.0132. The first-order valence-corrected chi connectivity index (χ1v) is 15.5. The number of phenolic OH excluding ortho intramolecular Hbond substituents is 1. The van der Waals surface area contributed by atoms with Gasteiger partial charge in [0.2, 0.25) is 0 Å². The van der Waals surface area contributed by atoms with Gasteiger partial charge in [0.1, 0.15) is 17.5 Å². The van der Waals surface area contributed by atoms with E-state index in [1.54, 1.807) is 38.3 Å². The fourth-order valence-corrected chi connectivity index (χ4v) is 7.41. The van der Waals surface area contributed by atoms with Crippen molar-refractivity contribution in [3.05, 3.63) is 115 Å². The highest BCUT2D eigenvalue weighted by molar-refractivity contribution is 14.1. The van der Waals surface area contributed by atoms with Crippen LogP contribution in [0.4, 0.5) is 0 Å². The Morgan fingerprint density at radius 1 is 1.15 bits per heavy atom. The van der Waals surface area contributed by atoms with Crippen molar-refractivity contribution in [1.82, 2.24) is 4.57 Å². The van der Waals surface area contributed by atoms with Crippen molar-refractivity contribution in [1.29, 1.82) is 0 Å². The molecule has 11 heteroatoms. The Bertz CT molecular complexity index is 1850. The summed E-state index contributed by atoms with van der Waals surface area (Å²) >= 11 is 10.2. The van der Waals surface area contributed by atoms with E-state index in [4.69, 9.17) is 14.5 Å². The summed E-state index contributed by atoms with van der Waals surface area (Å²) in [6, 6.07) is 17.4. The minimum Gasteiger partial charge on any atom is -0.506 e. The Kier molecular flexibility index (Phi) is 8.64. The highest BCUT2D eigenvalue weighted by Crippen LogP contribution is 2.40. The maximum absolute atomic E-state index is 14.1. The zero-order valence-corrected chi connectivity index (χ0v) is 27.3. The first-order chi connectivity index (χ1) is 19.2. The molecule has 204 valence electrons. The zero-order chi connectivity index (χ0) is 28.6. The Hall–Kier alpha value is -2.74. The third-order valence-corrected chi connectivity index (χ3v) is 8.96. The molecule has 1 aliphatic rings. The number of halogens is 3. The number of benzene rings is 3. The lowest BCUT2D eigenvalue weighted by Gasteiger charge is -2.27. The Morgan fingerprint density at radius 3 is 2.60 bits per heavy atom. The summed E-state index contributed by atoms with van der Waals surface area (Å²) in [7, 11) is 1.54. The van der Waals surface area contributed by atoms with Crippen LogP contribution in [0.2, 0.25) is 0 Å². The molecule has 0 radical (unpaired) electrons. The van der Waals surface area contributed by atoms with Crippen molar-refractivity contribution < 1.29 is 19.4 Å². The van der Waals surface area contributed by atoms with Crippen molar-refractivity contribution in [3.63, 3.8) is 0 Å². The van der Waals surface area contributed by atoms with Crippen molar-refractivity contribution in [2.75, 3.05) is 13.7 Å². The molecule has 0 saturated heterocycles. The fourth-order valence-electron chi connectivity index (χ4n) is 4.49. The predicted molar refractivity (Wildman–Crippen MR) is 170 cm³/mol. The number of hydrogen-bond donors (Lipinski definition) is 1. The second-order valence-corrected chi connectivity index (χ2v) is 12.6. The Balaban J connectivity index is 1.89. The number of aromatic nitrogens is 1. The van der Waals surface area contributed by atoms with Crippen LogP contribution >= 0.6 is 65.8 Å². The van der Waals surface area contributed by atoms with Crippen molar-refractivity contribution in [2.24, 2.45) is 4.99 Å². The molecule has 3 aromatic carbocycles. The Morgan fingerprint density at radius 2 is 1.90 bits per heavy atom. The van der Waals surface area contributed by atoms with Crippen LogP contribution < -0.4 is 19.6 Å². The lowest BCUT2D eigenvalue weighted by atomic mass is 9.92. The first kappa shape index (κ1) is 28.8. The maximum atomic E-state index is 14.1. The van der Waals surface area contributed by atoms with Gasteiger partial charge in [-0.1, -0.05) is 73.5 Å². The molecule has 1 aliphatic heterocycles. The van der Waals surface area contributed by atoms with Crippen LogP contribution in [0, 0.1) is 3.57 Å². The third kappa shape index (κ3) is 5.44. The normalized spacial score (nSPS) is 15.0. The van der Waals surface area contributed by atoms with Gasteiger partial charge in [-0.05, 0) is 65.9 Å². The number of nitrogens with zero attached hydrogens (tertiary/aromatic N) is 2. The summed E-state index contributed by atoms with van der Waals surface area (Å²) in [6.45, 7) is 1.88. The maximum Gasteiger partial charge on any atom is 0.338 e. The van der Waals surface area contributed by atoms with Gasteiger partial charge in [-0.15, -0.1) is 0 Å². The molecule has 0 unspecified atom stereocenters. The van der Waals surface area contributed by atoms with Gasteiger partial charge in [0, 0.05) is 25.6 Å². The molecular weight excluding hydrogens is 775 g/mol. The molecule has 0 amide bonds. The van der Waals surface area contributed by atoms with Gasteiger partial charge in [0.25, 0.3) is 5.56 Å². The van der Waals surface area contributed by atoms with Gasteiger partial charge >= 0.3 is 5.97 Å². The Labute approximate surface area is 263 Å². The number of phenols is 1. The highest BCUT2D eigenvalue weighted by atomic mass is 127. The van der Waals surface area contributed by atoms with Gasteiger partial charge in [0.15, 0.2) is 4.80 Å². The SMILES string of the molecule is CCOC(=O)C1=C(c2ccccc2)N=c2s/c(=C\c3cc(Br)cc(I)c3O)c(=O)n2[C@H]1c1cc(Br)ccc1OC. The molecule has 2 heterocycles. The smallest absolute Gasteiger partial charge is 0.338 e. The molecule has 0 saturated carbocycles. The highest BCUT2D eigenvalue weighted by Gasteiger charge is 2.36. The summed E-state index contributed by atoms with van der Waals surface area (Å²) in [6.07, 6.45) is 1.64. The van der Waals surface area contributed by atoms with Crippen LogP contribution in [0.25, 0.3) is 11.8 Å². The van der Waals surface area contributed by atoms with Gasteiger partial charge in [-0.25, -0.2) is 9.79 Å². The largest absolute Gasteiger partial charge is 0.506 e. The number of rotatable bonds is 6. The number of thiazole rings is 1. The summed E-state index contributed by atoms with van der Waals surface area (Å²) in [5, 5.41) is 10.7. The van der Waals surface area contributed by atoms with Crippen molar-refractivity contribution in [2.45, 2.75) is 13.0 Å². The monoisotopic (exact) mass is 794 g/mol. The van der Waals surface area contributed by atoms with Crippen molar-refractivity contribution in [3.8, 4) is 11.5 Å². The molecule has 1 atom stereocenters. The van der Waals surface area contributed by atoms with Crippen LogP contribution in [-0.2, 0) is 9.53 Å². The molecule has 0 bridgehead atoms. The van der Waals surface area contributed by atoms with Crippen LogP contribution in [0.1, 0.15) is 29.7 Å². The molecule has 0 aliphatic carbocycles. The summed E-state index contributed by atoms with van der Waals surface area (Å²) < 4.78 is 15.2. The van der Waals surface area contributed by atoms with Crippen LogP contribution in [-0.4, -0.2) is 29.4 Å². The number of hydrogen-bond acceptors (Lipinski definition) is 7. The van der Waals surface area contributed by atoms with E-state index in [0.29, 0.717) is 41.0 Å². The molecule has 7 nitrogen and oxygen atoms in total. The van der Waals surface area contributed by atoms with E-state index in [-0.39, 0.29) is 23.5 Å². The number of fused-ring (bicyclic) bond motifs is 1. The van der Waals surface area contributed by atoms with Crippen LogP contribution in [0.15, 0.2) is 85.0 Å². The minimum atomic E-state index is -0.892. The number of methoxy groups -OCH3 is 1. The average Bonchev–Trinajstić information content (AvgIpc) is 3.25. The second-order valence-electron chi connectivity index (χ2n) is 8.64. The van der Waals surface area contributed by atoms with E-state index in [1.807, 2.05) is 65.1 Å². The average molecular weight is 796 g/mol. The standard InChI is InChI=1S/C29H21Br2IN2O5S/c1-3-39-28(37)23-24(15-7-5-4-6-8-15)33-29-34(25(23)19-13-17(30)9-10-21(19)38-2)27(36)22(40-29)12-16-11-18(31)14-20(32)26(16)35/h4-14,25,35H,3H2,1-2H3/b22-12-/t25-/m0/s1. The molecule has 4 aromatic rings. The van der Waals surface area contributed by atoms with Gasteiger partial charge in [-0.2, -0.15) is 0 Å². The van der Waals surface area contributed by atoms with Crippen LogP contribution in [0.5, 0.6) is 11.5 Å². The molecule has 0 spiro atoms. The van der Waals surface area contributed by atoms with E-state index in [0.717, 1.165) is 8.95 Å². The van der Waals surface area contributed by atoms with E-state index in [1.165, 1.54) is 15.9 Å². The lowest BCUT2D eigenvalue weighted by molar-refractivity contribution is -0.138. The molecular formula is C29H21Br2IN2O5S. The van der Waals surface area contributed by atoms with E-state index < -0.39 is 12.0 Å². The first-order valence-electron chi connectivity index (χ1n) is 12.0.